The number of carbonyl (C=O) groups excluding carboxylic acids is 2. The number of rotatable bonds is 6. The Morgan fingerprint density at radius 2 is 1.87 bits per heavy atom. The summed E-state index contributed by atoms with van der Waals surface area (Å²) in [6.07, 6.45) is 4.65. The van der Waals surface area contributed by atoms with E-state index < -0.39 is 5.54 Å². The second kappa shape index (κ2) is 8.14. The summed E-state index contributed by atoms with van der Waals surface area (Å²) in [6.45, 7) is 0.186. The van der Waals surface area contributed by atoms with Crippen LogP contribution in [0.4, 0.5) is 4.79 Å². The zero-order chi connectivity index (χ0) is 21.3. The van der Waals surface area contributed by atoms with Crippen LogP contribution in [-0.4, -0.2) is 53.3 Å². The minimum Gasteiger partial charge on any atom is -0.493 e. The van der Waals surface area contributed by atoms with Crippen LogP contribution in [0.25, 0.3) is 11.5 Å². The van der Waals surface area contributed by atoms with Crippen molar-refractivity contribution in [2.24, 2.45) is 0 Å². The monoisotopic (exact) mass is 434 g/mol. The highest BCUT2D eigenvalue weighted by atomic mass is 35.5. The quantitative estimate of drug-likeness (QED) is 0.695. The first-order chi connectivity index (χ1) is 14.5. The Hall–Kier alpha value is -2.81. The average Bonchev–Trinajstić information content (AvgIpc) is 3.30. The summed E-state index contributed by atoms with van der Waals surface area (Å²) < 4.78 is 15.9. The van der Waals surface area contributed by atoms with Gasteiger partial charge < -0.3 is 19.3 Å². The van der Waals surface area contributed by atoms with Gasteiger partial charge in [0.05, 0.1) is 24.8 Å². The number of benzene rings is 1. The van der Waals surface area contributed by atoms with E-state index in [4.69, 9.17) is 25.6 Å². The van der Waals surface area contributed by atoms with Gasteiger partial charge in [0.15, 0.2) is 17.3 Å². The molecule has 1 N–H and O–H groups in total. The number of carbonyl (C=O) groups is 2. The van der Waals surface area contributed by atoms with Crippen LogP contribution in [0.1, 0.15) is 37.9 Å². The number of ether oxygens (including phenoxy) is 2. The molecule has 2 fully saturated rings. The summed E-state index contributed by atoms with van der Waals surface area (Å²) in [7, 11) is 3.04. The fourth-order valence-electron chi connectivity index (χ4n) is 4.07. The van der Waals surface area contributed by atoms with Crippen LogP contribution in [0.3, 0.4) is 0 Å². The molecule has 9 nitrogen and oxygen atoms in total. The van der Waals surface area contributed by atoms with Crippen LogP contribution >= 0.6 is 11.6 Å². The molecule has 30 heavy (non-hydrogen) atoms. The van der Waals surface area contributed by atoms with E-state index >= 15 is 0 Å². The predicted octanol–water partition coefficient (Wildman–Crippen LogP) is 3.20. The smallest absolute Gasteiger partial charge is 0.325 e. The fourth-order valence-corrected chi connectivity index (χ4v) is 4.30. The molecule has 1 aromatic carbocycles. The number of amides is 3. The number of aromatic nitrogens is 2. The number of methoxy groups -OCH3 is 2. The van der Waals surface area contributed by atoms with Gasteiger partial charge in [0.1, 0.15) is 5.54 Å². The van der Waals surface area contributed by atoms with Crippen LogP contribution in [0.2, 0.25) is 5.02 Å². The Balaban J connectivity index is 1.47. The topological polar surface area (TPSA) is 107 Å². The van der Waals surface area contributed by atoms with Crippen molar-refractivity contribution in [2.45, 2.75) is 44.1 Å². The molecular weight excluding hydrogens is 412 g/mol. The molecule has 1 aromatic heterocycles. The summed E-state index contributed by atoms with van der Waals surface area (Å²) in [5.74, 6) is 1.41. The van der Waals surface area contributed by atoms with E-state index in [1.165, 1.54) is 19.1 Å². The van der Waals surface area contributed by atoms with Gasteiger partial charge in [-0.3, -0.25) is 9.69 Å². The second-order valence-corrected chi connectivity index (χ2v) is 7.89. The lowest BCUT2D eigenvalue weighted by Crippen LogP contribution is -2.48. The van der Waals surface area contributed by atoms with Crippen molar-refractivity contribution in [3.63, 3.8) is 0 Å². The molecule has 0 atom stereocenters. The Morgan fingerprint density at radius 3 is 2.57 bits per heavy atom. The molecule has 0 unspecified atom stereocenters. The molecule has 2 aliphatic rings. The molecule has 4 rings (SSSR count). The summed E-state index contributed by atoms with van der Waals surface area (Å²) in [5.41, 5.74) is -0.227. The largest absolute Gasteiger partial charge is 0.493 e. The first-order valence-corrected chi connectivity index (χ1v) is 10.2. The van der Waals surface area contributed by atoms with Gasteiger partial charge in [0, 0.05) is 19.0 Å². The normalized spacial score (nSPS) is 18.0. The molecule has 1 aliphatic heterocycles. The van der Waals surface area contributed by atoms with Crippen LogP contribution < -0.4 is 14.8 Å². The Bertz CT molecular complexity index is 970. The maximum Gasteiger partial charge on any atom is 0.325 e. The Morgan fingerprint density at radius 1 is 1.17 bits per heavy atom. The number of halogens is 1. The minimum atomic E-state index is -0.731. The van der Waals surface area contributed by atoms with E-state index in [-0.39, 0.29) is 30.8 Å². The molecule has 10 heteroatoms. The van der Waals surface area contributed by atoms with Gasteiger partial charge >= 0.3 is 6.03 Å². The molecule has 1 saturated carbocycles. The van der Waals surface area contributed by atoms with Crippen molar-refractivity contribution in [1.82, 2.24) is 20.4 Å². The number of hydrogen-bond acceptors (Lipinski definition) is 7. The summed E-state index contributed by atoms with van der Waals surface area (Å²) in [4.78, 5) is 30.8. The van der Waals surface area contributed by atoms with Crippen molar-refractivity contribution >= 4 is 23.5 Å². The first kappa shape index (κ1) is 20.5. The highest BCUT2D eigenvalue weighted by Gasteiger charge is 2.50. The molecule has 0 radical (unpaired) electrons. The predicted molar refractivity (Wildman–Crippen MR) is 108 cm³/mol. The average molecular weight is 435 g/mol. The molecule has 2 heterocycles. The molecule has 3 amide bonds. The molecular formula is C20H23ClN4O5. The summed E-state index contributed by atoms with van der Waals surface area (Å²) >= 11 is 6.31. The zero-order valence-corrected chi connectivity index (χ0v) is 17.6. The lowest BCUT2D eigenvalue weighted by molar-refractivity contribution is -0.132. The third kappa shape index (κ3) is 3.58. The number of imide groups is 1. The van der Waals surface area contributed by atoms with Gasteiger partial charge in [-0.15, -0.1) is 0 Å². The highest BCUT2D eigenvalue weighted by molar-refractivity contribution is 6.33. The Labute approximate surface area is 178 Å². The van der Waals surface area contributed by atoms with E-state index in [2.05, 4.69) is 15.5 Å². The standard InChI is InChI=1S/C20H23ClN4O5/c1-28-14-10-12(13(21)11-15(14)29-2)17-22-16(24-30-17)6-9-25-18(26)20(23-19(25)27)7-4-3-5-8-20/h10-11H,3-9H2,1-2H3,(H,23,27). The number of nitrogens with one attached hydrogen (secondary N) is 1. The number of hydrogen-bond donors (Lipinski definition) is 1. The molecule has 160 valence electrons. The molecule has 1 aliphatic carbocycles. The van der Waals surface area contributed by atoms with Gasteiger partial charge in [-0.25, -0.2) is 4.79 Å². The van der Waals surface area contributed by atoms with Crippen LogP contribution in [-0.2, 0) is 11.2 Å². The lowest BCUT2D eigenvalue weighted by Gasteiger charge is -2.30. The third-order valence-corrected chi connectivity index (χ3v) is 6.00. The van der Waals surface area contributed by atoms with E-state index in [1.54, 1.807) is 12.1 Å². The van der Waals surface area contributed by atoms with E-state index in [0.29, 0.717) is 40.8 Å². The lowest BCUT2D eigenvalue weighted by atomic mass is 9.82. The van der Waals surface area contributed by atoms with Gasteiger partial charge in [0.2, 0.25) is 0 Å². The van der Waals surface area contributed by atoms with Crippen LogP contribution in [0.5, 0.6) is 11.5 Å². The van der Waals surface area contributed by atoms with Crippen molar-refractivity contribution in [2.75, 3.05) is 20.8 Å². The third-order valence-electron chi connectivity index (χ3n) is 5.68. The van der Waals surface area contributed by atoms with Crippen molar-refractivity contribution in [3.05, 3.63) is 23.0 Å². The molecule has 2 aromatic rings. The molecule has 0 bridgehead atoms. The second-order valence-electron chi connectivity index (χ2n) is 7.48. The number of nitrogens with zero attached hydrogens (tertiary/aromatic N) is 3. The highest BCUT2D eigenvalue weighted by Crippen LogP contribution is 2.38. The van der Waals surface area contributed by atoms with Crippen LogP contribution in [0, 0.1) is 0 Å². The van der Waals surface area contributed by atoms with Gasteiger partial charge in [-0.05, 0) is 18.9 Å². The maximum absolute atomic E-state index is 12.9. The number of urea groups is 1. The molecule has 1 spiro atoms. The maximum atomic E-state index is 12.9. The minimum absolute atomic E-state index is 0.154. The van der Waals surface area contributed by atoms with E-state index in [9.17, 15) is 9.59 Å². The van der Waals surface area contributed by atoms with Gasteiger partial charge in [-0.2, -0.15) is 4.98 Å². The SMILES string of the molecule is COc1cc(Cl)c(-c2nc(CCN3C(=O)NC4(CCCCC4)C3=O)no2)cc1OC. The van der Waals surface area contributed by atoms with Gasteiger partial charge in [0.25, 0.3) is 11.8 Å². The summed E-state index contributed by atoms with van der Waals surface area (Å²) in [6, 6.07) is 2.91. The van der Waals surface area contributed by atoms with E-state index in [0.717, 1.165) is 19.3 Å². The fraction of sp³-hybridized carbons (Fsp3) is 0.500. The van der Waals surface area contributed by atoms with Gasteiger partial charge in [-0.1, -0.05) is 36.0 Å². The summed E-state index contributed by atoms with van der Waals surface area (Å²) in [5, 5.41) is 7.23. The van der Waals surface area contributed by atoms with Crippen molar-refractivity contribution in [3.8, 4) is 23.0 Å². The van der Waals surface area contributed by atoms with Crippen molar-refractivity contribution < 1.29 is 23.6 Å². The molecule has 1 saturated heterocycles. The van der Waals surface area contributed by atoms with Crippen LogP contribution in [0.15, 0.2) is 16.7 Å². The first-order valence-electron chi connectivity index (χ1n) is 9.86. The van der Waals surface area contributed by atoms with E-state index in [1.807, 2.05) is 0 Å². The Kier molecular flexibility index (Phi) is 5.55. The zero-order valence-electron chi connectivity index (χ0n) is 16.9. The van der Waals surface area contributed by atoms with Crippen molar-refractivity contribution in [1.29, 1.82) is 0 Å².